The maximum atomic E-state index is 12.5. The predicted molar refractivity (Wildman–Crippen MR) is 65.8 cm³/mol. The van der Waals surface area contributed by atoms with E-state index < -0.39 is 17.9 Å². The third kappa shape index (κ3) is 3.26. The van der Waals surface area contributed by atoms with Crippen LogP contribution in [0.3, 0.4) is 0 Å². The van der Waals surface area contributed by atoms with Crippen LogP contribution in [0.1, 0.15) is 25.0 Å². The smallest absolute Gasteiger partial charge is 0.389 e. The zero-order chi connectivity index (χ0) is 14.0. The summed E-state index contributed by atoms with van der Waals surface area (Å²) in [5.41, 5.74) is 0.219. The first-order chi connectivity index (χ1) is 8.88. The molecule has 2 rings (SSSR count). The highest BCUT2D eigenvalue weighted by Gasteiger charge is 2.34. The van der Waals surface area contributed by atoms with Gasteiger partial charge in [-0.25, -0.2) is 4.98 Å². The molecule has 104 valence electrons. The minimum atomic E-state index is -4.23. The SMILES string of the molecule is C[C@@H](O)c1ccc(N2CC=C(C(F)(F)F)CC2)nc1. The van der Waals surface area contributed by atoms with Crippen molar-refractivity contribution in [3.63, 3.8) is 0 Å². The van der Waals surface area contributed by atoms with Crippen molar-refractivity contribution in [2.75, 3.05) is 18.0 Å². The van der Waals surface area contributed by atoms with Gasteiger partial charge < -0.3 is 10.0 Å². The number of aromatic nitrogens is 1. The number of pyridine rings is 1. The zero-order valence-electron chi connectivity index (χ0n) is 10.5. The molecule has 0 amide bonds. The fourth-order valence-electron chi connectivity index (χ4n) is 1.97. The lowest BCUT2D eigenvalue weighted by Gasteiger charge is -2.28. The van der Waals surface area contributed by atoms with Crippen LogP contribution in [0.4, 0.5) is 19.0 Å². The molecule has 6 heteroatoms. The van der Waals surface area contributed by atoms with Gasteiger partial charge in [0.15, 0.2) is 0 Å². The highest BCUT2D eigenvalue weighted by Crippen LogP contribution is 2.31. The van der Waals surface area contributed by atoms with E-state index in [0.29, 0.717) is 17.9 Å². The third-order valence-corrected chi connectivity index (χ3v) is 3.15. The Morgan fingerprint density at radius 3 is 2.53 bits per heavy atom. The first kappa shape index (κ1) is 13.9. The van der Waals surface area contributed by atoms with Crippen molar-refractivity contribution >= 4 is 5.82 Å². The number of rotatable bonds is 2. The lowest BCUT2D eigenvalue weighted by Crippen LogP contribution is -2.32. The monoisotopic (exact) mass is 272 g/mol. The second-order valence-corrected chi connectivity index (χ2v) is 4.55. The third-order valence-electron chi connectivity index (χ3n) is 3.15. The van der Waals surface area contributed by atoms with E-state index in [1.165, 1.54) is 6.08 Å². The first-order valence-electron chi connectivity index (χ1n) is 6.03. The maximum absolute atomic E-state index is 12.5. The van der Waals surface area contributed by atoms with Gasteiger partial charge in [-0.3, -0.25) is 0 Å². The number of hydrogen-bond acceptors (Lipinski definition) is 3. The molecular formula is C13H15F3N2O. The van der Waals surface area contributed by atoms with Crippen molar-refractivity contribution in [3.05, 3.63) is 35.5 Å². The van der Waals surface area contributed by atoms with E-state index >= 15 is 0 Å². The van der Waals surface area contributed by atoms with Crippen LogP contribution in [0.2, 0.25) is 0 Å². The summed E-state index contributed by atoms with van der Waals surface area (Å²) in [6.45, 7) is 2.14. The van der Waals surface area contributed by atoms with Crippen molar-refractivity contribution in [3.8, 4) is 0 Å². The quantitative estimate of drug-likeness (QED) is 0.841. The largest absolute Gasteiger partial charge is 0.412 e. The van der Waals surface area contributed by atoms with Crippen molar-refractivity contribution < 1.29 is 18.3 Å². The molecule has 0 saturated carbocycles. The molecule has 1 atom stereocenters. The number of nitrogens with zero attached hydrogens (tertiary/aromatic N) is 2. The molecule has 1 aromatic rings. The van der Waals surface area contributed by atoms with Gasteiger partial charge in [0.1, 0.15) is 5.82 Å². The number of alkyl halides is 3. The lowest BCUT2D eigenvalue weighted by atomic mass is 10.1. The molecule has 1 aromatic heterocycles. The van der Waals surface area contributed by atoms with Crippen molar-refractivity contribution in [1.29, 1.82) is 0 Å². The van der Waals surface area contributed by atoms with Crippen molar-refractivity contribution in [2.45, 2.75) is 25.6 Å². The Morgan fingerprint density at radius 1 is 1.37 bits per heavy atom. The van der Waals surface area contributed by atoms with E-state index in [0.717, 1.165) is 0 Å². The Hall–Kier alpha value is -1.56. The van der Waals surface area contributed by atoms with Gasteiger partial charge in [0.2, 0.25) is 0 Å². The normalized spacial score (nSPS) is 18.2. The van der Waals surface area contributed by atoms with Crippen LogP contribution in [-0.2, 0) is 0 Å². The summed E-state index contributed by atoms with van der Waals surface area (Å²) in [5, 5.41) is 9.36. The molecule has 0 radical (unpaired) electrons. The fourth-order valence-corrected chi connectivity index (χ4v) is 1.97. The maximum Gasteiger partial charge on any atom is 0.412 e. The van der Waals surface area contributed by atoms with E-state index in [9.17, 15) is 18.3 Å². The van der Waals surface area contributed by atoms with E-state index in [2.05, 4.69) is 4.98 Å². The zero-order valence-corrected chi connectivity index (χ0v) is 10.5. The van der Waals surface area contributed by atoms with Crippen molar-refractivity contribution in [1.82, 2.24) is 4.98 Å². The molecule has 1 N–H and O–H groups in total. The fraction of sp³-hybridized carbons (Fsp3) is 0.462. The van der Waals surface area contributed by atoms with Crippen molar-refractivity contribution in [2.24, 2.45) is 0 Å². The number of halogens is 3. The van der Waals surface area contributed by atoms with E-state index in [1.54, 1.807) is 30.2 Å². The summed E-state index contributed by atoms with van der Waals surface area (Å²) in [7, 11) is 0. The lowest BCUT2D eigenvalue weighted by molar-refractivity contribution is -0.0944. The van der Waals surface area contributed by atoms with E-state index in [4.69, 9.17) is 0 Å². The van der Waals surface area contributed by atoms with Crippen LogP contribution in [-0.4, -0.2) is 29.4 Å². The van der Waals surface area contributed by atoms with Gasteiger partial charge in [0.25, 0.3) is 0 Å². The summed E-state index contributed by atoms with van der Waals surface area (Å²) >= 11 is 0. The molecule has 0 unspecified atom stereocenters. The molecule has 3 nitrogen and oxygen atoms in total. The molecule has 0 bridgehead atoms. The second-order valence-electron chi connectivity index (χ2n) is 4.55. The van der Waals surface area contributed by atoms with Crippen LogP contribution in [0, 0.1) is 0 Å². The van der Waals surface area contributed by atoms with Gasteiger partial charge in [-0.05, 0) is 25.0 Å². The summed E-state index contributed by atoms with van der Waals surface area (Å²) in [4.78, 5) is 5.95. The van der Waals surface area contributed by atoms with Crippen LogP contribution in [0.25, 0.3) is 0 Å². The van der Waals surface area contributed by atoms with Gasteiger partial charge in [-0.1, -0.05) is 12.1 Å². The van der Waals surface area contributed by atoms with Crippen LogP contribution >= 0.6 is 0 Å². The molecule has 2 heterocycles. The Balaban J connectivity index is 2.07. The van der Waals surface area contributed by atoms with Gasteiger partial charge in [0, 0.05) is 24.9 Å². The topological polar surface area (TPSA) is 36.4 Å². The molecule has 0 fully saturated rings. The molecule has 0 spiro atoms. The summed E-state index contributed by atoms with van der Waals surface area (Å²) in [6.07, 6.45) is -2.10. The molecule has 0 saturated heterocycles. The molecule has 0 aliphatic carbocycles. The minimum Gasteiger partial charge on any atom is -0.389 e. The van der Waals surface area contributed by atoms with Crippen LogP contribution in [0.15, 0.2) is 30.0 Å². The first-order valence-corrected chi connectivity index (χ1v) is 6.03. The standard InChI is InChI=1S/C13H15F3N2O/c1-9(19)10-2-3-12(17-8-10)18-6-4-11(5-7-18)13(14,15)16/h2-4,8-9,19H,5-7H2,1H3/t9-/m1/s1. The Bertz CT molecular complexity index is 466. The van der Waals surface area contributed by atoms with Gasteiger partial charge >= 0.3 is 6.18 Å². The number of hydrogen-bond donors (Lipinski definition) is 1. The number of aliphatic hydroxyl groups excluding tert-OH is 1. The van der Waals surface area contributed by atoms with E-state index in [1.807, 2.05) is 0 Å². The van der Waals surface area contributed by atoms with Gasteiger partial charge in [-0.15, -0.1) is 0 Å². The summed E-state index contributed by atoms with van der Waals surface area (Å²) in [6, 6.07) is 3.45. The Kier molecular flexibility index (Phi) is 3.80. The average Bonchev–Trinajstić information content (AvgIpc) is 2.38. The molecule has 1 aliphatic heterocycles. The predicted octanol–water partition coefficient (Wildman–Crippen LogP) is 2.83. The summed E-state index contributed by atoms with van der Waals surface area (Å²) < 4.78 is 37.4. The second kappa shape index (κ2) is 5.21. The van der Waals surface area contributed by atoms with Crippen LogP contribution in [0.5, 0.6) is 0 Å². The minimum absolute atomic E-state index is 0.0245. The molecule has 0 aromatic carbocycles. The van der Waals surface area contributed by atoms with E-state index in [-0.39, 0.29) is 13.0 Å². The average molecular weight is 272 g/mol. The highest BCUT2D eigenvalue weighted by atomic mass is 19.4. The Morgan fingerprint density at radius 2 is 2.11 bits per heavy atom. The Labute approximate surface area is 109 Å². The molecule has 19 heavy (non-hydrogen) atoms. The van der Waals surface area contributed by atoms with Gasteiger partial charge in [-0.2, -0.15) is 13.2 Å². The number of aliphatic hydroxyl groups is 1. The molecular weight excluding hydrogens is 257 g/mol. The van der Waals surface area contributed by atoms with Crippen LogP contribution < -0.4 is 4.90 Å². The highest BCUT2D eigenvalue weighted by molar-refractivity contribution is 5.42. The number of anilines is 1. The summed E-state index contributed by atoms with van der Waals surface area (Å²) in [5.74, 6) is 0.627. The molecule has 1 aliphatic rings. The van der Waals surface area contributed by atoms with Gasteiger partial charge in [0.05, 0.1) is 6.10 Å².